The minimum atomic E-state index is -2.87. The summed E-state index contributed by atoms with van der Waals surface area (Å²) in [5.74, 6) is 0.232. The van der Waals surface area contributed by atoms with E-state index < -0.39 is 9.84 Å². The van der Waals surface area contributed by atoms with Crippen LogP contribution < -0.4 is 5.32 Å². The van der Waals surface area contributed by atoms with Gasteiger partial charge in [-0.25, -0.2) is 8.42 Å². The van der Waals surface area contributed by atoms with Crippen LogP contribution in [-0.4, -0.2) is 27.5 Å². The van der Waals surface area contributed by atoms with Gasteiger partial charge in [-0.05, 0) is 37.4 Å². The van der Waals surface area contributed by atoms with Gasteiger partial charge < -0.3 is 5.32 Å². The summed E-state index contributed by atoms with van der Waals surface area (Å²) in [6.07, 6.45) is 1.91. The molecule has 1 aromatic heterocycles. The summed E-state index contributed by atoms with van der Waals surface area (Å²) in [7, 11) is -1.00. The lowest BCUT2D eigenvalue weighted by atomic mass is 10.1. The van der Waals surface area contributed by atoms with E-state index in [9.17, 15) is 8.42 Å². The van der Waals surface area contributed by atoms with Gasteiger partial charge in [0.2, 0.25) is 0 Å². The predicted octanol–water partition coefficient (Wildman–Crippen LogP) is 1.75. The Kier molecular flexibility index (Phi) is 4.31. The van der Waals surface area contributed by atoms with E-state index in [1.54, 1.807) is 11.3 Å². The number of nitrogens with one attached hydrogen (secondary N) is 1. The van der Waals surface area contributed by atoms with Crippen LogP contribution in [-0.2, 0) is 9.84 Å². The van der Waals surface area contributed by atoms with Gasteiger partial charge in [0.25, 0.3) is 0 Å². The maximum absolute atomic E-state index is 11.1. The molecule has 3 nitrogen and oxygen atoms in total. The first kappa shape index (κ1) is 12.7. The molecule has 0 saturated carbocycles. The zero-order valence-electron chi connectivity index (χ0n) is 9.28. The maximum Gasteiger partial charge on any atom is 0.147 e. The Bertz CT molecular complexity index is 409. The van der Waals surface area contributed by atoms with Crippen LogP contribution in [0.25, 0.3) is 0 Å². The van der Waals surface area contributed by atoms with E-state index in [1.165, 1.54) is 16.7 Å². The molecule has 1 heterocycles. The number of hydrogen-bond donors (Lipinski definition) is 1. The zero-order valence-corrected chi connectivity index (χ0v) is 10.9. The van der Waals surface area contributed by atoms with Crippen LogP contribution in [0.2, 0.25) is 0 Å². The average molecular weight is 247 g/mol. The molecule has 1 N–H and O–H groups in total. The number of rotatable bonds is 5. The Hall–Kier alpha value is -0.390. The van der Waals surface area contributed by atoms with Gasteiger partial charge in [-0.15, -0.1) is 11.3 Å². The van der Waals surface area contributed by atoms with E-state index in [4.69, 9.17) is 0 Å². The lowest BCUT2D eigenvalue weighted by Gasteiger charge is -2.15. The highest BCUT2D eigenvalue weighted by atomic mass is 32.2. The van der Waals surface area contributed by atoms with Gasteiger partial charge in [-0.2, -0.15) is 0 Å². The summed E-state index contributed by atoms with van der Waals surface area (Å²) in [6.45, 7) is 2.05. The fraction of sp³-hybridized carbons (Fsp3) is 0.600. The van der Waals surface area contributed by atoms with Gasteiger partial charge in [-0.1, -0.05) is 0 Å². The molecule has 0 radical (unpaired) electrons. The number of sulfone groups is 1. The third-order valence-corrected chi connectivity index (χ3v) is 4.45. The molecule has 0 aliphatic carbocycles. The summed E-state index contributed by atoms with van der Waals surface area (Å²) >= 11 is 1.68. The maximum atomic E-state index is 11.1. The zero-order chi connectivity index (χ0) is 11.5. The van der Waals surface area contributed by atoms with Gasteiger partial charge in [0.15, 0.2) is 0 Å². The molecular formula is C10H17NO2S2. The van der Waals surface area contributed by atoms with Crippen molar-refractivity contribution in [2.45, 2.75) is 19.4 Å². The second-order valence-electron chi connectivity index (χ2n) is 3.73. The van der Waals surface area contributed by atoms with Crippen molar-refractivity contribution in [1.82, 2.24) is 5.32 Å². The molecule has 86 valence electrons. The molecule has 1 atom stereocenters. The van der Waals surface area contributed by atoms with Crippen molar-refractivity contribution in [1.29, 1.82) is 0 Å². The van der Waals surface area contributed by atoms with Gasteiger partial charge in [-0.3, -0.25) is 0 Å². The normalized spacial score (nSPS) is 14.1. The lowest BCUT2D eigenvalue weighted by molar-refractivity contribution is 0.563. The third kappa shape index (κ3) is 3.93. The first-order valence-corrected chi connectivity index (χ1v) is 7.77. The Morgan fingerprint density at radius 3 is 2.60 bits per heavy atom. The van der Waals surface area contributed by atoms with Crippen molar-refractivity contribution in [2.24, 2.45) is 0 Å². The third-order valence-electron chi connectivity index (χ3n) is 2.34. The Morgan fingerprint density at radius 2 is 2.20 bits per heavy atom. The first-order valence-electron chi connectivity index (χ1n) is 4.83. The van der Waals surface area contributed by atoms with E-state index in [0.717, 1.165) is 0 Å². The van der Waals surface area contributed by atoms with Crippen LogP contribution in [0.15, 0.2) is 11.4 Å². The largest absolute Gasteiger partial charge is 0.312 e. The van der Waals surface area contributed by atoms with Crippen molar-refractivity contribution >= 4 is 21.2 Å². The molecule has 0 saturated heterocycles. The summed E-state index contributed by atoms with van der Waals surface area (Å²) in [6, 6.07) is 2.21. The predicted molar refractivity (Wildman–Crippen MR) is 65.2 cm³/mol. The smallest absolute Gasteiger partial charge is 0.147 e. The number of aryl methyl sites for hydroxylation is 1. The molecule has 5 heteroatoms. The van der Waals surface area contributed by atoms with E-state index >= 15 is 0 Å². The van der Waals surface area contributed by atoms with Gasteiger partial charge in [0.1, 0.15) is 9.84 Å². The molecule has 1 aromatic rings. The standard InChI is InChI=1S/C10H17NO2S2/c1-8-4-6-14-10(8)9(11-2)5-7-15(3,12)13/h4,6,9,11H,5,7H2,1-3H3. The molecule has 0 spiro atoms. The number of hydrogen-bond acceptors (Lipinski definition) is 4. The van der Waals surface area contributed by atoms with Crippen LogP contribution in [0.5, 0.6) is 0 Å². The Morgan fingerprint density at radius 1 is 1.53 bits per heavy atom. The average Bonchev–Trinajstić information content (AvgIpc) is 2.52. The molecule has 0 aliphatic rings. The molecule has 0 amide bonds. The summed E-state index contributed by atoms with van der Waals surface area (Å²) in [5.41, 5.74) is 1.23. The van der Waals surface area contributed by atoms with E-state index in [2.05, 4.69) is 18.3 Å². The highest BCUT2D eigenvalue weighted by molar-refractivity contribution is 7.90. The monoisotopic (exact) mass is 247 g/mol. The molecule has 0 aromatic carbocycles. The minimum absolute atomic E-state index is 0.153. The fourth-order valence-electron chi connectivity index (χ4n) is 1.48. The molecule has 1 unspecified atom stereocenters. The minimum Gasteiger partial charge on any atom is -0.312 e. The van der Waals surface area contributed by atoms with Crippen LogP contribution in [0.1, 0.15) is 22.9 Å². The van der Waals surface area contributed by atoms with E-state index in [0.29, 0.717) is 6.42 Å². The van der Waals surface area contributed by atoms with Crippen molar-refractivity contribution in [2.75, 3.05) is 19.1 Å². The van der Waals surface area contributed by atoms with Gasteiger partial charge in [0, 0.05) is 17.2 Å². The molecule has 1 rings (SSSR count). The van der Waals surface area contributed by atoms with E-state index in [1.807, 2.05) is 12.4 Å². The molecular weight excluding hydrogens is 230 g/mol. The van der Waals surface area contributed by atoms with Crippen molar-refractivity contribution in [3.8, 4) is 0 Å². The second kappa shape index (κ2) is 5.09. The quantitative estimate of drug-likeness (QED) is 0.862. The summed E-state index contributed by atoms with van der Waals surface area (Å²) in [5, 5.41) is 5.20. The SMILES string of the molecule is CNC(CCS(C)(=O)=O)c1sccc1C. The second-order valence-corrected chi connectivity index (χ2v) is 6.94. The highest BCUT2D eigenvalue weighted by Crippen LogP contribution is 2.26. The van der Waals surface area contributed by atoms with Crippen LogP contribution in [0.4, 0.5) is 0 Å². The van der Waals surface area contributed by atoms with Crippen LogP contribution in [0, 0.1) is 6.92 Å². The Labute approximate surface area is 95.4 Å². The molecule has 15 heavy (non-hydrogen) atoms. The first-order chi connectivity index (χ1) is 6.94. The van der Waals surface area contributed by atoms with Crippen molar-refractivity contribution < 1.29 is 8.42 Å². The lowest BCUT2D eigenvalue weighted by Crippen LogP contribution is -2.19. The van der Waals surface area contributed by atoms with Gasteiger partial charge in [0.05, 0.1) is 5.75 Å². The Balaban J connectivity index is 2.70. The van der Waals surface area contributed by atoms with Crippen molar-refractivity contribution in [3.05, 3.63) is 21.9 Å². The highest BCUT2D eigenvalue weighted by Gasteiger charge is 2.15. The number of thiophene rings is 1. The van der Waals surface area contributed by atoms with Crippen LogP contribution >= 0.6 is 11.3 Å². The van der Waals surface area contributed by atoms with Crippen molar-refractivity contribution in [3.63, 3.8) is 0 Å². The fourth-order valence-corrected chi connectivity index (χ4v) is 3.22. The molecule has 0 bridgehead atoms. The summed E-state index contributed by atoms with van der Waals surface area (Å²) in [4.78, 5) is 1.24. The summed E-state index contributed by atoms with van der Waals surface area (Å²) < 4.78 is 22.2. The van der Waals surface area contributed by atoms with Crippen LogP contribution in [0.3, 0.4) is 0 Å². The van der Waals surface area contributed by atoms with E-state index in [-0.39, 0.29) is 11.8 Å². The topological polar surface area (TPSA) is 46.2 Å². The van der Waals surface area contributed by atoms with Gasteiger partial charge >= 0.3 is 0 Å². The molecule has 0 aliphatic heterocycles. The molecule has 0 fully saturated rings.